The highest BCUT2D eigenvalue weighted by molar-refractivity contribution is 5.96. The molecule has 0 unspecified atom stereocenters. The van der Waals surface area contributed by atoms with E-state index in [4.69, 9.17) is 10.7 Å². The molecule has 0 amide bonds. The highest BCUT2D eigenvalue weighted by Crippen LogP contribution is 2.32. The molecule has 0 spiro atoms. The highest BCUT2D eigenvalue weighted by atomic mass is 14.7. The van der Waals surface area contributed by atoms with Crippen LogP contribution in [0.4, 0.5) is 5.69 Å². The molecular formula is C17H16N2. The van der Waals surface area contributed by atoms with Gasteiger partial charge in [-0.25, -0.2) is 4.98 Å². The van der Waals surface area contributed by atoms with Gasteiger partial charge in [-0.1, -0.05) is 48.5 Å². The van der Waals surface area contributed by atoms with Gasteiger partial charge >= 0.3 is 0 Å². The van der Waals surface area contributed by atoms with Crippen molar-refractivity contribution in [2.75, 3.05) is 5.73 Å². The first kappa shape index (κ1) is 11.7. The maximum absolute atomic E-state index is 6.29. The van der Waals surface area contributed by atoms with Crippen LogP contribution in [0.15, 0.2) is 48.5 Å². The third kappa shape index (κ3) is 1.85. The zero-order chi connectivity index (χ0) is 13.4. The summed E-state index contributed by atoms with van der Waals surface area (Å²) in [4.78, 5) is 4.83. The standard InChI is InChI=1S/C17H16N2/c1-11-7-6-10-14-15(18)12(2)17(19-16(11)14)13-8-4-3-5-9-13/h3-10H,1-2H3,(H2,18,19). The summed E-state index contributed by atoms with van der Waals surface area (Å²) in [5.74, 6) is 0. The van der Waals surface area contributed by atoms with E-state index in [-0.39, 0.29) is 0 Å². The fraction of sp³-hybridized carbons (Fsp3) is 0.118. The molecule has 2 aromatic carbocycles. The molecular weight excluding hydrogens is 232 g/mol. The SMILES string of the molecule is Cc1c(-c2ccccc2)nc2c(C)cccc2c1N. The third-order valence-corrected chi connectivity index (χ3v) is 3.56. The molecule has 0 radical (unpaired) electrons. The molecule has 2 N–H and O–H groups in total. The van der Waals surface area contributed by atoms with Crippen molar-refractivity contribution in [1.29, 1.82) is 0 Å². The van der Waals surface area contributed by atoms with E-state index >= 15 is 0 Å². The maximum atomic E-state index is 6.29. The second-order valence-corrected chi connectivity index (χ2v) is 4.84. The monoisotopic (exact) mass is 248 g/mol. The van der Waals surface area contributed by atoms with Crippen LogP contribution in [0.1, 0.15) is 11.1 Å². The number of nitrogen functional groups attached to an aromatic ring is 1. The number of fused-ring (bicyclic) bond motifs is 1. The molecule has 0 saturated heterocycles. The van der Waals surface area contributed by atoms with Crippen molar-refractivity contribution in [1.82, 2.24) is 4.98 Å². The van der Waals surface area contributed by atoms with Crippen molar-refractivity contribution < 1.29 is 0 Å². The topological polar surface area (TPSA) is 38.9 Å². The summed E-state index contributed by atoms with van der Waals surface area (Å²) < 4.78 is 0. The Kier molecular flexibility index (Phi) is 2.71. The number of nitrogens with zero attached hydrogens (tertiary/aromatic N) is 1. The van der Waals surface area contributed by atoms with E-state index in [9.17, 15) is 0 Å². The molecule has 0 atom stereocenters. The van der Waals surface area contributed by atoms with Crippen LogP contribution < -0.4 is 5.73 Å². The van der Waals surface area contributed by atoms with Crippen LogP contribution in [-0.4, -0.2) is 4.98 Å². The molecule has 2 nitrogen and oxygen atoms in total. The molecule has 0 bridgehead atoms. The quantitative estimate of drug-likeness (QED) is 0.704. The summed E-state index contributed by atoms with van der Waals surface area (Å²) in [6.07, 6.45) is 0. The minimum Gasteiger partial charge on any atom is -0.398 e. The number of anilines is 1. The summed E-state index contributed by atoms with van der Waals surface area (Å²) >= 11 is 0. The van der Waals surface area contributed by atoms with Gasteiger partial charge in [-0.3, -0.25) is 0 Å². The number of pyridine rings is 1. The Bertz CT molecular complexity index is 746. The second kappa shape index (κ2) is 4.39. The zero-order valence-corrected chi connectivity index (χ0v) is 11.1. The van der Waals surface area contributed by atoms with Crippen molar-refractivity contribution in [3.8, 4) is 11.3 Å². The van der Waals surface area contributed by atoms with Gasteiger partial charge in [0.2, 0.25) is 0 Å². The lowest BCUT2D eigenvalue weighted by Crippen LogP contribution is -1.99. The maximum Gasteiger partial charge on any atom is 0.0759 e. The second-order valence-electron chi connectivity index (χ2n) is 4.84. The predicted octanol–water partition coefficient (Wildman–Crippen LogP) is 4.10. The molecule has 19 heavy (non-hydrogen) atoms. The van der Waals surface area contributed by atoms with Crippen LogP contribution in [-0.2, 0) is 0 Å². The summed E-state index contributed by atoms with van der Waals surface area (Å²) in [6, 6.07) is 16.3. The van der Waals surface area contributed by atoms with Crippen molar-refractivity contribution in [3.63, 3.8) is 0 Å². The van der Waals surface area contributed by atoms with Crippen LogP contribution in [0.5, 0.6) is 0 Å². The lowest BCUT2D eigenvalue weighted by Gasteiger charge is -2.12. The zero-order valence-electron chi connectivity index (χ0n) is 11.1. The Morgan fingerprint density at radius 3 is 2.37 bits per heavy atom. The largest absolute Gasteiger partial charge is 0.398 e. The van der Waals surface area contributed by atoms with Gasteiger partial charge in [-0.15, -0.1) is 0 Å². The fourth-order valence-electron chi connectivity index (χ4n) is 2.43. The molecule has 1 aromatic heterocycles. The van der Waals surface area contributed by atoms with Crippen molar-refractivity contribution >= 4 is 16.6 Å². The Balaban J connectivity index is 2.39. The van der Waals surface area contributed by atoms with E-state index in [2.05, 4.69) is 25.1 Å². The number of hydrogen-bond donors (Lipinski definition) is 1. The Morgan fingerprint density at radius 1 is 0.895 bits per heavy atom. The number of hydrogen-bond acceptors (Lipinski definition) is 2. The molecule has 0 saturated carbocycles. The van der Waals surface area contributed by atoms with E-state index in [1.807, 2.05) is 37.3 Å². The molecule has 1 heterocycles. The molecule has 0 aliphatic heterocycles. The first-order valence-electron chi connectivity index (χ1n) is 6.39. The van der Waals surface area contributed by atoms with E-state index in [0.29, 0.717) is 0 Å². The molecule has 94 valence electrons. The van der Waals surface area contributed by atoms with Crippen LogP contribution >= 0.6 is 0 Å². The van der Waals surface area contributed by atoms with Gasteiger partial charge in [0, 0.05) is 16.6 Å². The van der Waals surface area contributed by atoms with Gasteiger partial charge in [0.15, 0.2) is 0 Å². The molecule has 0 aliphatic carbocycles. The lowest BCUT2D eigenvalue weighted by molar-refractivity contribution is 1.31. The van der Waals surface area contributed by atoms with Crippen LogP contribution in [0.2, 0.25) is 0 Å². The number of rotatable bonds is 1. The molecule has 2 heteroatoms. The van der Waals surface area contributed by atoms with Gasteiger partial charge in [0.25, 0.3) is 0 Å². The lowest BCUT2D eigenvalue weighted by atomic mass is 10.0. The van der Waals surface area contributed by atoms with Gasteiger partial charge < -0.3 is 5.73 Å². The van der Waals surface area contributed by atoms with Crippen LogP contribution in [0.3, 0.4) is 0 Å². The first-order valence-corrected chi connectivity index (χ1v) is 6.39. The van der Waals surface area contributed by atoms with Gasteiger partial charge in [-0.2, -0.15) is 0 Å². The summed E-state index contributed by atoms with van der Waals surface area (Å²) in [5.41, 5.74) is 12.4. The number of nitrogens with two attached hydrogens (primary N) is 1. The van der Waals surface area contributed by atoms with E-state index < -0.39 is 0 Å². The van der Waals surface area contributed by atoms with Crippen molar-refractivity contribution in [2.45, 2.75) is 13.8 Å². The van der Waals surface area contributed by atoms with Crippen molar-refractivity contribution in [2.24, 2.45) is 0 Å². The Morgan fingerprint density at radius 2 is 1.63 bits per heavy atom. The third-order valence-electron chi connectivity index (χ3n) is 3.56. The number of para-hydroxylation sites is 1. The molecule has 0 aliphatic rings. The van der Waals surface area contributed by atoms with Gasteiger partial charge in [0.05, 0.1) is 11.2 Å². The van der Waals surface area contributed by atoms with Crippen LogP contribution in [0.25, 0.3) is 22.2 Å². The highest BCUT2D eigenvalue weighted by Gasteiger charge is 2.11. The molecule has 3 aromatic rings. The number of aryl methyl sites for hydroxylation is 1. The number of benzene rings is 2. The Labute approximate surface area is 112 Å². The van der Waals surface area contributed by atoms with Gasteiger partial charge in [-0.05, 0) is 25.0 Å². The number of aromatic nitrogens is 1. The average Bonchev–Trinajstić information content (AvgIpc) is 2.44. The van der Waals surface area contributed by atoms with Crippen LogP contribution in [0, 0.1) is 13.8 Å². The normalized spacial score (nSPS) is 10.8. The summed E-state index contributed by atoms with van der Waals surface area (Å²) in [5, 5.41) is 1.04. The minimum atomic E-state index is 0.826. The minimum absolute atomic E-state index is 0.826. The van der Waals surface area contributed by atoms with Gasteiger partial charge in [0.1, 0.15) is 0 Å². The average molecular weight is 248 g/mol. The summed E-state index contributed by atoms with van der Waals surface area (Å²) in [6.45, 7) is 4.10. The first-order chi connectivity index (χ1) is 9.18. The van der Waals surface area contributed by atoms with E-state index in [1.54, 1.807) is 0 Å². The Hall–Kier alpha value is -2.35. The van der Waals surface area contributed by atoms with E-state index in [1.165, 1.54) is 0 Å². The molecule has 0 fully saturated rings. The predicted molar refractivity (Wildman–Crippen MR) is 81.1 cm³/mol. The molecule has 3 rings (SSSR count). The summed E-state index contributed by atoms with van der Waals surface area (Å²) in [7, 11) is 0. The van der Waals surface area contributed by atoms with Crippen molar-refractivity contribution in [3.05, 3.63) is 59.7 Å². The smallest absolute Gasteiger partial charge is 0.0759 e. The van der Waals surface area contributed by atoms with E-state index in [0.717, 1.165) is 39.0 Å². The fourth-order valence-corrected chi connectivity index (χ4v) is 2.43.